The van der Waals surface area contributed by atoms with Crippen molar-refractivity contribution in [2.45, 2.75) is 44.5 Å². The van der Waals surface area contributed by atoms with Crippen molar-refractivity contribution >= 4 is 11.9 Å². The standard InChI is InChI=1S/C20H20O6/c1-18-9-14(11-5-8-24-10-11)25-16(21)12(18)3-6-19(2)15(18)13-4-7-20(19,23)17(22)26-13/h3-5,7-8,10,13-15,23H,6,9H2,1-2H3/t13-,14-,15?,18-,19-,20+/m1/s1. The van der Waals surface area contributed by atoms with Crippen molar-refractivity contribution in [3.05, 3.63) is 48.0 Å². The number of cyclic esters (lactones) is 1. The van der Waals surface area contributed by atoms with Crippen LogP contribution < -0.4 is 0 Å². The van der Waals surface area contributed by atoms with Gasteiger partial charge < -0.3 is 19.0 Å². The van der Waals surface area contributed by atoms with E-state index in [2.05, 4.69) is 0 Å². The highest BCUT2D eigenvalue weighted by Gasteiger charge is 2.71. The summed E-state index contributed by atoms with van der Waals surface area (Å²) in [6, 6.07) is 1.79. The van der Waals surface area contributed by atoms with E-state index >= 15 is 0 Å². The Hall–Kier alpha value is -2.34. The van der Waals surface area contributed by atoms with Gasteiger partial charge in [0, 0.05) is 27.9 Å². The molecule has 2 saturated heterocycles. The molecule has 6 rings (SSSR count). The van der Waals surface area contributed by atoms with Crippen molar-refractivity contribution in [1.29, 1.82) is 0 Å². The second kappa shape index (κ2) is 4.68. The number of esters is 2. The molecule has 5 aliphatic rings. The lowest BCUT2D eigenvalue weighted by Gasteiger charge is -2.63. The summed E-state index contributed by atoms with van der Waals surface area (Å²) in [5.74, 6) is -1.17. The van der Waals surface area contributed by atoms with Crippen LogP contribution in [0.1, 0.15) is 38.4 Å². The second-order valence-corrected chi connectivity index (χ2v) is 8.28. The average molecular weight is 356 g/mol. The second-order valence-electron chi connectivity index (χ2n) is 8.28. The number of aliphatic hydroxyl groups is 1. The lowest BCUT2D eigenvalue weighted by Crippen LogP contribution is -2.70. The van der Waals surface area contributed by atoms with Gasteiger partial charge in [-0.3, -0.25) is 0 Å². The smallest absolute Gasteiger partial charge is 0.343 e. The summed E-state index contributed by atoms with van der Waals surface area (Å²) in [5.41, 5.74) is -1.59. The van der Waals surface area contributed by atoms with E-state index in [1.807, 2.05) is 19.9 Å². The quantitative estimate of drug-likeness (QED) is 0.614. The van der Waals surface area contributed by atoms with E-state index in [0.717, 1.165) is 5.56 Å². The third kappa shape index (κ3) is 1.66. The van der Waals surface area contributed by atoms with Crippen LogP contribution in [0.15, 0.2) is 46.8 Å². The molecule has 6 atom stereocenters. The molecule has 26 heavy (non-hydrogen) atoms. The number of carbonyl (C=O) groups is 2. The zero-order chi connectivity index (χ0) is 18.3. The highest BCUT2D eigenvalue weighted by atomic mass is 16.6. The van der Waals surface area contributed by atoms with Gasteiger partial charge in [-0.15, -0.1) is 0 Å². The third-order valence-corrected chi connectivity index (χ3v) is 6.99. The molecule has 3 aliphatic heterocycles. The molecule has 1 unspecified atom stereocenters. The van der Waals surface area contributed by atoms with Gasteiger partial charge in [-0.1, -0.05) is 19.9 Å². The van der Waals surface area contributed by atoms with Gasteiger partial charge in [-0.2, -0.15) is 0 Å². The first-order valence-corrected chi connectivity index (χ1v) is 8.86. The van der Waals surface area contributed by atoms with Gasteiger partial charge in [0.25, 0.3) is 0 Å². The Balaban J connectivity index is 1.65. The highest BCUT2D eigenvalue weighted by Crippen LogP contribution is 2.65. The maximum Gasteiger partial charge on any atom is 0.343 e. The number of furan rings is 1. The number of rotatable bonds is 1. The Bertz CT molecular complexity index is 867. The Labute approximate surface area is 150 Å². The van der Waals surface area contributed by atoms with E-state index in [4.69, 9.17) is 13.9 Å². The summed E-state index contributed by atoms with van der Waals surface area (Å²) < 4.78 is 16.3. The molecular formula is C20H20O6. The van der Waals surface area contributed by atoms with Gasteiger partial charge in [0.15, 0.2) is 5.60 Å². The van der Waals surface area contributed by atoms with Crippen molar-refractivity contribution in [3.63, 3.8) is 0 Å². The molecule has 0 radical (unpaired) electrons. The molecule has 6 nitrogen and oxygen atoms in total. The lowest BCUT2D eigenvalue weighted by atomic mass is 9.45. The van der Waals surface area contributed by atoms with E-state index in [1.54, 1.807) is 30.7 Å². The summed E-state index contributed by atoms with van der Waals surface area (Å²) >= 11 is 0. The first-order valence-electron chi connectivity index (χ1n) is 8.86. The normalized spacial score (nSPS) is 46.1. The van der Waals surface area contributed by atoms with Crippen molar-refractivity contribution in [2.24, 2.45) is 16.7 Å². The van der Waals surface area contributed by atoms with Crippen LogP contribution in [0.2, 0.25) is 0 Å². The SMILES string of the molecule is C[C@@]12C[C@H](c3ccoc3)OC(=O)C1=CC[C@]1(C)C2[C@H]2C=C[C@]1(O)C(=O)O2. The number of fused-ring (bicyclic) bond motifs is 2. The van der Waals surface area contributed by atoms with Crippen molar-refractivity contribution in [3.8, 4) is 0 Å². The maximum atomic E-state index is 12.8. The zero-order valence-corrected chi connectivity index (χ0v) is 14.6. The first kappa shape index (κ1) is 15.9. The number of hydrogen-bond acceptors (Lipinski definition) is 6. The molecule has 0 saturated carbocycles. The number of carbonyl (C=O) groups excluding carboxylic acids is 2. The molecule has 136 valence electrons. The molecule has 1 aromatic rings. The Morgan fingerprint density at radius 1 is 1.23 bits per heavy atom. The fraction of sp³-hybridized carbons (Fsp3) is 0.500. The van der Waals surface area contributed by atoms with Crippen LogP contribution in [0.5, 0.6) is 0 Å². The number of ether oxygens (including phenoxy) is 2. The van der Waals surface area contributed by atoms with E-state index in [1.165, 1.54) is 0 Å². The van der Waals surface area contributed by atoms with Crippen LogP contribution in [0.3, 0.4) is 0 Å². The van der Waals surface area contributed by atoms with Crippen LogP contribution in [0.25, 0.3) is 0 Å². The Morgan fingerprint density at radius 3 is 2.73 bits per heavy atom. The van der Waals surface area contributed by atoms with Gasteiger partial charge in [-0.25, -0.2) is 9.59 Å². The van der Waals surface area contributed by atoms with Gasteiger partial charge in [-0.05, 0) is 31.1 Å². The molecule has 6 heteroatoms. The highest BCUT2D eigenvalue weighted by molar-refractivity contribution is 5.92. The Kier molecular flexibility index (Phi) is 2.86. The van der Waals surface area contributed by atoms with Crippen molar-refractivity contribution in [1.82, 2.24) is 0 Å². The molecule has 1 N–H and O–H groups in total. The fourth-order valence-electron chi connectivity index (χ4n) is 5.64. The van der Waals surface area contributed by atoms with E-state index < -0.39 is 34.6 Å². The fourth-order valence-corrected chi connectivity index (χ4v) is 5.64. The summed E-state index contributed by atoms with van der Waals surface area (Å²) in [4.78, 5) is 25.1. The summed E-state index contributed by atoms with van der Waals surface area (Å²) in [6.07, 6.45) is 8.36. The topological polar surface area (TPSA) is 86.0 Å². The monoisotopic (exact) mass is 356 g/mol. The van der Waals surface area contributed by atoms with E-state index in [-0.39, 0.29) is 11.9 Å². The molecule has 2 aliphatic carbocycles. The molecule has 1 aromatic heterocycles. The van der Waals surface area contributed by atoms with Crippen LogP contribution in [0.4, 0.5) is 0 Å². The van der Waals surface area contributed by atoms with Gasteiger partial charge in [0.05, 0.1) is 12.5 Å². The predicted molar refractivity (Wildman–Crippen MR) is 88.5 cm³/mol. The maximum absolute atomic E-state index is 12.8. The molecule has 0 spiro atoms. The molecule has 2 bridgehead atoms. The molecule has 0 amide bonds. The minimum absolute atomic E-state index is 0.218. The minimum atomic E-state index is -1.68. The van der Waals surface area contributed by atoms with Crippen LogP contribution in [-0.2, 0) is 19.1 Å². The average Bonchev–Trinajstić information content (AvgIpc) is 3.10. The lowest BCUT2D eigenvalue weighted by molar-refractivity contribution is -0.232. The molecule has 0 aromatic carbocycles. The van der Waals surface area contributed by atoms with Gasteiger partial charge in [0.1, 0.15) is 12.2 Å². The van der Waals surface area contributed by atoms with Crippen LogP contribution in [0, 0.1) is 16.7 Å². The molecular weight excluding hydrogens is 336 g/mol. The predicted octanol–water partition coefficient (Wildman–Crippen LogP) is 2.45. The van der Waals surface area contributed by atoms with Gasteiger partial charge >= 0.3 is 11.9 Å². The Morgan fingerprint density at radius 2 is 2.04 bits per heavy atom. The van der Waals surface area contributed by atoms with Gasteiger partial charge in [0.2, 0.25) is 0 Å². The summed E-state index contributed by atoms with van der Waals surface area (Å²) in [5, 5.41) is 11.1. The van der Waals surface area contributed by atoms with Crippen LogP contribution in [-0.4, -0.2) is 28.8 Å². The van der Waals surface area contributed by atoms with Crippen LogP contribution >= 0.6 is 0 Å². The molecule has 4 heterocycles. The summed E-state index contributed by atoms with van der Waals surface area (Å²) in [7, 11) is 0. The zero-order valence-electron chi connectivity index (χ0n) is 14.6. The summed E-state index contributed by atoms with van der Waals surface area (Å²) in [6.45, 7) is 3.93. The first-order chi connectivity index (χ1) is 12.3. The van der Waals surface area contributed by atoms with E-state index in [9.17, 15) is 14.7 Å². The molecule has 2 fully saturated rings. The third-order valence-electron chi connectivity index (χ3n) is 6.99. The largest absolute Gasteiger partial charge is 0.472 e. The van der Waals surface area contributed by atoms with Crippen molar-refractivity contribution < 1.29 is 28.6 Å². The number of allylic oxidation sites excluding steroid dienone is 1. The van der Waals surface area contributed by atoms with Crippen molar-refractivity contribution in [2.75, 3.05) is 0 Å². The van der Waals surface area contributed by atoms with E-state index in [0.29, 0.717) is 18.4 Å². The minimum Gasteiger partial charge on any atom is -0.472 e. The number of hydrogen-bond donors (Lipinski definition) is 1.